The number of oxazole rings is 1. The Morgan fingerprint density at radius 1 is 1.10 bits per heavy atom. The number of aromatic nitrogens is 1. The first kappa shape index (κ1) is 13.0. The zero-order valence-corrected chi connectivity index (χ0v) is 12.8. The summed E-state index contributed by atoms with van der Waals surface area (Å²) in [5.41, 5.74) is 4.14. The number of aliphatic imine (C=N–C) groups is 1. The molecule has 2 aromatic carbocycles. The molecule has 0 radical (unpaired) electrons. The van der Waals surface area contributed by atoms with Crippen molar-refractivity contribution in [1.82, 2.24) is 4.98 Å². The van der Waals surface area contributed by atoms with Gasteiger partial charge in [0.2, 0.25) is 5.89 Å². The third-order valence-electron chi connectivity index (χ3n) is 3.21. The number of benzene rings is 2. The molecule has 1 aliphatic rings. The summed E-state index contributed by atoms with van der Waals surface area (Å²) in [5, 5.41) is 0. The van der Waals surface area contributed by atoms with Crippen LogP contribution in [0.5, 0.6) is 0 Å². The lowest BCUT2D eigenvalue weighted by Gasteiger charge is -2.13. The molecule has 0 saturated carbocycles. The van der Waals surface area contributed by atoms with Crippen LogP contribution in [-0.2, 0) is 11.5 Å². The molecule has 3 aromatic rings. The molecular formula is C16H12N2OS2. The first-order chi connectivity index (χ1) is 10.4. The van der Waals surface area contributed by atoms with E-state index in [1.54, 1.807) is 23.5 Å². The minimum Gasteiger partial charge on any atom is -0.440 e. The summed E-state index contributed by atoms with van der Waals surface area (Å²) in [4.78, 5) is 9.18. The predicted octanol–water partition coefficient (Wildman–Crippen LogP) is 5.00. The Hall–Kier alpha value is -1.72. The van der Waals surface area contributed by atoms with E-state index in [2.05, 4.69) is 28.2 Å². The van der Waals surface area contributed by atoms with Gasteiger partial charge in [-0.05, 0) is 23.8 Å². The molecule has 1 aromatic heterocycles. The lowest BCUT2D eigenvalue weighted by molar-refractivity contribution is 0.556. The van der Waals surface area contributed by atoms with Crippen LogP contribution in [0.3, 0.4) is 0 Å². The minimum absolute atomic E-state index is 0.711. The Morgan fingerprint density at radius 3 is 2.90 bits per heavy atom. The number of para-hydroxylation sites is 3. The van der Waals surface area contributed by atoms with Crippen LogP contribution in [0.15, 0.2) is 57.9 Å². The molecule has 1 aliphatic heterocycles. The molecule has 104 valence electrons. The fraction of sp³-hybridized carbons (Fsp3) is 0.125. The molecule has 0 fully saturated rings. The molecule has 0 aliphatic carbocycles. The van der Waals surface area contributed by atoms with Gasteiger partial charge in [-0.25, -0.2) is 9.98 Å². The number of thioether (sulfide) groups is 2. The quantitative estimate of drug-likeness (QED) is 0.668. The van der Waals surface area contributed by atoms with Gasteiger partial charge in [0.15, 0.2) is 5.58 Å². The van der Waals surface area contributed by atoms with Crippen LogP contribution in [0, 0.1) is 0 Å². The van der Waals surface area contributed by atoms with Crippen LogP contribution in [0.25, 0.3) is 11.1 Å². The average molecular weight is 312 g/mol. The van der Waals surface area contributed by atoms with E-state index in [-0.39, 0.29) is 0 Å². The zero-order chi connectivity index (χ0) is 14.1. The average Bonchev–Trinajstić information content (AvgIpc) is 2.95. The highest BCUT2D eigenvalue weighted by Gasteiger charge is 2.14. The number of fused-ring (bicyclic) bond motifs is 2. The first-order valence-corrected chi connectivity index (χ1v) is 8.62. The standard InChI is InChI=1S/C16H12N2OS2/c1-2-6-12-11(5-1)9-20-16(18-12)21-10-15-17-13-7-3-4-8-14(13)19-15/h1-8H,9-10H2. The van der Waals surface area contributed by atoms with E-state index in [9.17, 15) is 0 Å². The van der Waals surface area contributed by atoms with Crippen molar-refractivity contribution in [1.29, 1.82) is 0 Å². The summed E-state index contributed by atoms with van der Waals surface area (Å²) in [6.45, 7) is 0. The molecule has 3 nitrogen and oxygen atoms in total. The van der Waals surface area contributed by atoms with Crippen molar-refractivity contribution < 1.29 is 4.42 Å². The normalized spacial score (nSPS) is 14.0. The molecule has 0 N–H and O–H groups in total. The molecule has 0 unspecified atom stereocenters. The molecule has 21 heavy (non-hydrogen) atoms. The molecule has 0 amide bonds. The van der Waals surface area contributed by atoms with Crippen LogP contribution >= 0.6 is 23.5 Å². The molecule has 0 spiro atoms. The van der Waals surface area contributed by atoms with Gasteiger partial charge in [-0.2, -0.15) is 0 Å². The van der Waals surface area contributed by atoms with E-state index in [4.69, 9.17) is 4.42 Å². The summed E-state index contributed by atoms with van der Waals surface area (Å²) < 4.78 is 6.81. The Morgan fingerprint density at radius 2 is 1.95 bits per heavy atom. The van der Waals surface area contributed by atoms with E-state index in [0.29, 0.717) is 5.75 Å². The van der Waals surface area contributed by atoms with Crippen LogP contribution in [0.4, 0.5) is 5.69 Å². The van der Waals surface area contributed by atoms with Gasteiger partial charge in [0.05, 0.1) is 11.4 Å². The summed E-state index contributed by atoms with van der Waals surface area (Å²) in [6, 6.07) is 16.1. The summed E-state index contributed by atoms with van der Waals surface area (Å²) in [7, 11) is 0. The topological polar surface area (TPSA) is 38.4 Å². The third-order valence-corrected chi connectivity index (χ3v) is 5.44. The van der Waals surface area contributed by atoms with Gasteiger partial charge < -0.3 is 4.42 Å². The van der Waals surface area contributed by atoms with Crippen molar-refractivity contribution in [3.8, 4) is 0 Å². The second kappa shape index (κ2) is 5.58. The first-order valence-electron chi connectivity index (χ1n) is 6.65. The molecular weight excluding hydrogens is 300 g/mol. The van der Waals surface area contributed by atoms with Gasteiger partial charge in [0.1, 0.15) is 9.89 Å². The van der Waals surface area contributed by atoms with E-state index >= 15 is 0 Å². The Labute approximate surface area is 130 Å². The summed E-state index contributed by atoms with van der Waals surface area (Å²) in [5.74, 6) is 2.45. The van der Waals surface area contributed by atoms with Gasteiger partial charge in [0.25, 0.3) is 0 Å². The summed E-state index contributed by atoms with van der Waals surface area (Å²) >= 11 is 3.46. The van der Waals surface area contributed by atoms with Gasteiger partial charge in [-0.15, -0.1) is 0 Å². The fourth-order valence-electron chi connectivity index (χ4n) is 2.19. The number of hydrogen-bond acceptors (Lipinski definition) is 5. The number of rotatable bonds is 2. The molecule has 4 rings (SSSR count). The number of nitrogens with zero attached hydrogens (tertiary/aromatic N) is 2. The lowest BCUT2D eigenvalue weighted by atomic mass is 10.2. The Balaban J connectivity index is 1.51. The molecule has 2 heterocycles. The maximum atomic E-state index is 5.73. The Kier molecular flexibility index (Phi) is 3.45. The maximum absolute atomic E-state index is 5.73. The van der Waals surface area contributed by atoms with E-state index in [1.807, 2.05) is 30.3 Å². The van der Waals surface area contributed by atoms with Gasteiger partial charge in [-0.1, -0.05) is 53.9 Å². The van der Waals surface area contributed by atoms with Crippen LogP contribution in [0.1, 0.15) is 11.5 Å². The molecule has 5 heteroatoms. The van der Waals surface area contributed by atoms with Crippen LogP contribution in [-0.4, -0.2) is 9.36 Å². The van der Waals surface area contributed by atoms with Crippen molar-refractivity contribution in [2.24, 2.45) is 4.99 Å². The number of hydrogen-bond donors (Lipinski definition) is 0. The SMILES string of the molecule is c1ccc2c(c1)CSC(SCc1nc3ccccc3o1)=N2. The summed E-state index contributed by atoms with van der Waals surface area (Å²) in [6.07, 6.45) is 0. The van der Waals surface area contributed by atoms with Crippen molar-refractivity contribution in [3.63, 3.8) is 0 Å². The van der Waals surface area contributed by atoms with Gasteiger partial charge >= 0.3 is 0 Å². The van der Waals surface area contributed by atoms with Crippen molar-refractivity contribution in [2.45, 2.75) is 11.5 Å². The largest absolute Gasteiger partial charge is 0.440 e. The fourth-order valence-corrected chi connectivity index (χ4v) is 4.10. The van der Waals surface area contributed by atoms with Gasteiger partial charge in [-0.3, -0.25) is 0 Å². The van der Waals surface area contributed by atoms with Crippen LogP contribution in [0.2, 0.25) is 0 Å². The maximum Gasteiger partial charge on any atom is 0.205 e. The van der Waals surface area contributed by atoms with E-state index < -0.39 is 0 Å². The molecule has 0 saturated heterocycles. The highest BCUT2D eigenvalue weighted by atomic mass is 32.2. The van der Waals surface area contributed by atoms with Crippen LogP contribution < -0.4 is 0 Å². The zero-order valence-electron chi connectivity index (χ0n) is 11.2. The molecule has 0 atom stereocenters. The Bertz CT molecular complexity index is 793. The second-order valence-corrected chi connectivity index (χ2v) is 6.85. The smallest absolute Gasteiger partial charge is 0.205 e. The van der Waals surface area contributed by atoms with Crippen molar-refractivity contribution >= 4 is 44.7 Å². The monoisotopic (exact) mass is 312 g/mol. The minimum atomic E-state index is 0.711. The van der Waals surface area contributed by atoms with E-state index in [0.717, 1.165) is 32.8 Å². The lowest BCUT2D eigenvalue weighted by Crippen LogP contribution is -1.96. The molecule has 0 bridgehead atoms. The highest BCUT2D eigenvalue weighted by Crippen LogP contribution is 2.35. The third kappa shape index (κ3) is 2.71. The highest BCUT2D eigenvalue weighted by molar-refractivity contribution is 8.38. The second-order valence-electron chi connectivity index (χ2n) is 4.66. The van der Waals surface area contributed by atoms with Crippen molar-refractivity contribution in [2.75, 3.05) is 0 Å². The van der Waals surface area contributed by atoms with Gasteiger partial charge in [0, 0.05) is 5.75 Å². The predicted molar refractivity (Wildman–Crippen MR) is 90.1 cm³/mol. The van der Waals surface area contributed by atoms with E-state index in [1.165, 1.54) is 5.56 Å². The van der Waals surface area contributed by atoms with Crippen molar-refractivity contribution in [3.05, 3.63) is 60.0 Å².